The van der Waals surface area contributed by atoms with Gasteiger partial charge in [0.1, 0.15) is 11.5 Å². The van der Waals surface area contributed by atoms with Gasteiger partial charge in [0.05, 0.1) is 16.3 Å². The Balaban J connectivity index is 1.41. The number of piperazine rings is 1. The Kier molecular flexibility index (Phi) is 5.18. The van der Waals surface area contributed by atoms with Crippen LogP contribution in [0.15, 0.2) is 47.5 Å². The summed E-state index contributed by atoms with van der Waals surface area (Å²) in [6, 6.07) is 7.32. The number of aromatic nitrogens is 3. The molecule has 0 N–H and O–H groups in total. The molecule has 0 unspecified atom stereocenters. The molecule has 0 aromatic carbocycles. The number of nitrogens with zero attached hydrogens (tertiary/aromatic N) is 5. The Hall–Kier alpha value is -2.65. The van der Waals surface area contributed by atoms with Gasteiger partial charge < -0.3 is 4.90 Å². The van der Waals surface area contributed by atoms with E-state index in [4.69, 9.17) is 11.6 Å². The number of fused-ring (bicyclic) bond motifs is 1. The summed E-state index contributed by atoms with van der Waals surface area (Å²) in [5, 5.41) is 0.460. The lowest BCUT2D eigenvalue weighted by molar-refractivity contribution is -0.137. The van der Waals surface area contributed by atoms with E-state index in [0.717, 1.165) is 12.3 Å². The monoisotopic (exact) mass is 423 g/mol. The largest absolute Gasteiger partial charge is 0.417 e. The average Bonchev–Trinajstić information content (AvgIpc) is 2.69. The van der Waals surface area contributed by atoms with Crippen LogP contribution in [0.2, 0.25) is 5.02 Å². The van der Waals surface area contributed by atoms with Crippen molar-refractivity contribution in [3.8, 4) is 0 Å². The number of rotatable bonds is 3. The highest BCUT2D eigenvalue weighted by atomic mass is 35.5. The maximum Gasteiger partial charge on any atom is 0.417 e. The SMILES string of the molecule is O=c1cc(CN2CCN(c3ccc(C(F)(F)F)cn3)CC2)nc2ccc(Cl)cn12. The van der Waals surface area contributed by atoms with Gasteiger partial charge in [-0.3, -0.25) is 14.1 Å². The minimum Gasteiger partial charge on any atom is -0.354 e. The van der Waals surface area contributed by atoms with Crippen molar-refractivity contribution < 1.29 is 13.2 Å². The predicted molar refractivity (Wildman–Crippen MR) is 103 cm³/mol. The number of hydrogen-bond donors (Lipinski definition) is 0. The van der Waals surface area contributed by atoms with Crippen LogP contribution >= 0.6 is 11.6 Å². The van der Waals surface area contributed by atoms with Gasteiger partial charge in [0, 0.05) is 51.2 Å². The zero-order valence-electron chi connectivity index (χ0n) is 15.2. The second kappa shape index (κ2) is 7.64. The molecule has 152 valence electrons. The fraction of sp³-hybridized carbons (Fsp3) is 0.316. The van der Waals surface area contributed by atoms with Crippen molar-refractivity contribution in [3.63, 3.8) is 0 Å². The highest BCUT2D eigenvalue weighted by Gasteiger charge is 2.31. The molecule has 29 heavy (non-hydrogen) atoms. The van der Waals surface area contributed by atoms with Crippen LogP contribution in [0.25, 0.3) is 5.65 Å². The van der Waals surface area contributed by atoms with Gasteiger partial charge in [-0.05, 0) is 24.3 Å². The first kappa shape index (κ1) is 19.7. The number of anilines is 1. The highest BCUT2D eigenvalue weighted by molar-refractivity contribution is 6.30. The molecule has 0 spiro atoms. The van der Waals surface area contributed by atoms with E-state index in [-0.39, 0.29) is 5.56 Å². The summed E-state index contributed by atoms with van der Waals surface area (Å²) in [5.74, 6) is 0.525. The summed E-state index contributed by atoms with van der Waals surface area (Å²) in [7, 11) is 0. The lowest BCUT2D eigenvalue weighted by Gasteiger charge is -2.35. The molecule has 6 nitrogen and oxygen atoms in total. The molecule has 3 aromatic rings. The Labute approximate surface area is 169 Å². The van der Waals surface area contributed by atoms with E-state index in [9.17, 15) is 18.0 Å². The van der Waals surface area contributed by atoms with Crippen LogP contribution in [0.4, 0.5) is 19.0 Å². The molecular weight excluding hydrogens is 407 g/mol. The molecule has 1 aliphatic heterocycles. The maximum atomic E-state index is 12.7. The van der Waals surface area contributed by atoms with Crippen molar-refractivity contribution >= 4 is 23.1 Å². The van der Waals surface area contributed by atoms with Crippen molar-refractivity contribution in [3.05, 3.63) is 69.4 Å². The highest BCUT2D eigenvalue weighted by Crippen LogP contribution is 2.29. The van der Waals surface area contributed by atoms with Crippen LogP contribution < -0.4 is 10.5 Å². The van der Waals surface area contributed by atoms with E-state index in [0.29, 0.717) is 54.9 Å². The zero-order chi connectivity index (χ0) is 20.6. The normalized spacial score (nSPS) is 15.8. The summed E-state index contributed by atoms with van der Waals surface area (Å²) < 4.78 is 39.4. The van der Waals surface area contributed by atoms with Gasteiger partial charge in [-0.1, -0.05) is 11.6 Å². The van der Waals surface area contributed by atoms with Crippen LogP contribution in [-0.4, -0.2) is 45.4 Å². The van der Waals surface area contributed by atoms with Gasteiger partial charge in [-0.25, -0.2) is 9.97 Å². The maximum absolute atomic E-state index is 12.7. The molecule has 4 rings (SSSR count). The zero-order valence-corrected chi connectivity index (χ0v) is 16.0. The minimum absolute atomic E-state index is 0.194. The quantitative estimate of drug-likeness (QED) is 0.648. The van der Waals surface area contributed by atoms with Gasteiger partial charge in [0.2, 0.25) is 0 Å². The van der Waals surface area contributed by atoms with E-state index < -0.39 is 11.7 Å². The van der Waals surface area contributed by atoms with Crippen molar-refractivity contribution in [1.29, 1.82) is 0 Å². The van der Waals surface area contributed by atoms with Crippen molar-refractivity contribution in [2.75, 3.05) is 31.1 Å². The first-order valence-electron chi connectivity index (χ1n) is 8.98. The number of pyridine rings is 2. The topological polar surface area (TPSA) is 53.7 Å². The van der Waals surface area contributed by atoms with Crippen molar-refractivity contribution in [1.82, 2.24) is 19.3 Å². The molecular formula is C19H17ClF3N5O. The lowest BCUT2D eigenvalue weighted by Crippen LogP contribution is -2.46. The number of alkyl halides is 3. The molecule has 0 amide bonds. The van der Waals surface area contributed by atoms with Crippen molar-refractivity contribution in [2.24, 2.45) is 0 Å². The molecule has 0 bridgehead atoms. The number of hydrogen-bond acceptors (Lipinski definition) is 5. The molecule has 1 saturated heterocycles. The molecule has 0 radical (unpaired) electrons. The fourth-order valence-electron chi connectivity index (χ4n) is 3.31. The van der Waals surface area contributed by atoms with Gasteiger partial charge in [0.15, 0.2) is 0 Å². The third kappa shape index (κ3) is 4.35. The van der Waals surface area contributed by atoms with Gasteiger partial charge in [-0.2, -0.15) is 13.2 Å². The predicted octanol–water partition coefficient (Wildman–Crippen LogP) is 3.08. The lowest BCUT2D eigenvalue weighted by atomic mass is 10.2. The Morgan fingerprint density at radius 3 is 2.48 bits per heavy atom. The Morgan fingerprint density at radius 2 is 1.83 bits per heavy atom. The molecule has 0 saturated carbocycles. The van der Waals surface area contributed by atoms with Crippen LogP contribution in [0.1, 0.15) is 11.3 Å². The van der Waals surface area contributed by atoms with E-state index in [2.05, 4.69) is 14.9 Å². The molecule has 0 aliphatic carbocycles. The van der Waals surface area contributed by atoms with Crippen LogP contribution in [0, 0.1) is 0 Å². The first-order valence-corrected chi connectivity index (χ1v) is 9.36. The summed E-state index contributed by atoms with van der Waals surface area (Å²) in [4.78, 5) is 24.8. The summed E-state index contributed by atoms with van der Waals surface area (Å²) in [5.41, 5.74) is 0.248. The molecule has 3 aromatic heterocycles. The van der Waals surface area contributed by atoms with Gasteiger partial charge in [-0.15, -0.1) is 0 Å². The molecule has 1 aliphatic rings. The fourth-order valence-corrected chi connectivity index (χ4v) is 3.47. The molecule has 4 heterocycles. The standard InChI is InChI=1S/C19H17ClF3N5O/c20-14-2-4-17-25-15(9-18(29)28(17)11-14)12-26-5-7-27(8-6-26)16-3-1-13(10-24-16)19(21,22)23/h1-4,9-11H,5-8,12H2. The molecule has 1 fully saturated rings. The Morgan fingerprint density at radius 1 is 1.07 bits per heavy atom. The van der Waals surface area contributed by atoms with E-state index in [1.165, 1.54) is 22.7 Å². The van der Waals surface area contributed by atoms with Crippen LogP contribution in [0.5, 0.6) is 0 Å². The minimum atomic E-state index is -4.39. The van der Waals surface area contributed by atoms with Crippen LogP contribution in [-0.2, 0) is 12.7 Å². The first-order chi connectivity index (χ1) is 13.8. The van der Waals surface area contributed by atoms with Gasteiger partial charge >= 0.3 is 6.18 Å². The van der Waals surface area contributed by atoms with E-state index in [1.807, 2.05) is 4.90 Å². The molecule has 0 atom stereocenters. The van der Waals surface area contributed by atoms with E-state index >= 15 is 0 Å². The third-order valence-electron chi connectivity index (χ3n) is 4.83. The second-order valence-electron chi connectivity index (χ2n) is 6.83. The summed E-state index contributed by atoms with van der Waals surface area (Å²) in [6.45, 7) is 3.14. The van der Waals surface area contributed by atoms with Crippen molar-refractivity contribution in [2.45, 2.75) is 12.7 Å². The van der Waals surface area contributed by atoms with Gasteiger partial charge in [0.25, 0.3) is 5.56 Å². The summed E-state index contributed by atoms with van der Waals surface area (Å²) >= 11 is 5.92. The smallest absolute Gasteiger partial charge is 0.354 e. The van der Waals surface area contributed by atoms with E-state index in [1.54, 1.807) is 12.1 Å². The third-order valence-corrected chi connectivity index (χ3v) is 5.06. The number of halogens is 4. The molecule has 10 heteroatoms. The Bertz CT molecular complexity index is 1080. The summed E-state index contributed by atoms with van der Waals surface area (Å²) in [6.07, 6.45) is -1.99. The average molecular weight is 424 g/mol. The van der Waals surface area contributed by atoms with Crippen LogP contribution in [0.3, 0.4) is 0 Å². The second-order valence-corrected chi connectivity index (χ2v) is 7.26.